The summed E-state index contributed by atoms with van der Waals surface area (Å²) in [6.45, 7) is 8.81. The summed E-state index contributed by atoms with van der Waals surface area (Å²) in [7, 11) is 0. The molecular formula is C18H31N3OS2. The summed E-state index contributed by atoms with van der Waals surface area (Å²) in [6, 6.07) is 4.34. The molecule has 1 atom stereocenters. The van der Waals surface area contributed by atoms with Gasteiger partial charge in [-0.3, -0.25) is 4.99 Å². The van der Waals surface area contributed by atoms with E-state index < -0.39 is 0 Å². The molecular weight excluding hydrogens is 338 g/mol. The number of hydrogen-bond acceptors (Lipinski definition) is 4. The van der Waals surface area contributed by atoms with E-state index in [1.807, 2.05) is 23.1 Å². The van der Waals surface area contributed by atoms with Crippen molar-refractivity contribution in [2.45, 2.75) is 37.9 Å². The molecule has 4 nitrogen and oxygen atoms in total. The number of hydrogen-bond donors (Lipinski definition) is 2. The number of thiophene rings is 1. The predicted molar refractivity (Wildman–Crippen MR) is 107 cm³/mol. The topological polar surface area (TPSA) is 45.7 Å². The lowest BCUT2D eigenvalue weighted by molar-refractivity contribution is 0.0794. The zero-order valence-electron chi connectivity index (χ0n) is 15.1. The van der Waals surface area contributed by atoms with Crippen LogP contribution in [-0.4, -0.2) is 49.8 Å². The van der Waals surface area contributed by atoms with E-state index in [0.717, 1.165) is 58.1 Å². The van der Waals surface area contributed by atoms with Gasteiger partial charge < -0.3 is 15.4 Å². The van der Waals surface area contributed by atoms with Crippen LogP contribution in [0.2, 0.25) is 0 Å². The fourth-order valence-electron chi connectivity index (χ4n) is 2.85. The van der Waals surface area contributed by atoms with Gasteiger partial charge in [0.15, 0.2) is 5.96 Å². The predicted octanol–water partition coefficient (Wildman–Crippen LogP) is 3.39. The third kappa shape index (κ3) is 6.30. The van der Waals surface area contributed by atoms with E-state index in [1.165, 1.54) is 4.88 Å². The van der Waals surface area contributed by atoms with Crippen LogP contribution in [0.3, 0.4) is 0 Å². The maximum absolute atomic E-state index is 5.52. The molecule has 0 spiro atoms. The van der Waals surface area contributed by atoms with Crippen molar-refractivity contribution in [3.63, 3.8) is 0 Å². The maximum atomic E-state index is 5.52. The van der Waals surface area contributed by atoms with Crippen LogP contribution in [0.5, 0.6) is 0 Å². The summed E-state index contributed by atoms with van der Waals surface area (Å²) in [6.07, 6.45) is 5.50. The molecule has 1 aromatic rings. The smallest absolute Gasteiger partial charge is 0.191 e. The van der Waals surface area contributed by atoms with E-state index in [9.17, 15) is 0 Å². The Morgan fingerprint density at radius 2 is 2.21 bits per heavy atom. The lowest BCUT2D eigenvalue weighted by atomic mass is 9.99. The molecule has 1 aromatic heterocycles. The number of nitrogens with zero attached hydrogens (tertiary/aromatic N) is 1. The first-order valence-corrected chi connectivity index (χ1v) is 11.0. The Bertz CT molecular complexity index is 484. The zero-order valence-corrected chi connectivity index (χ0v) is 16.8. The molecule has 2 N–H and O–H groups in total. The monoisotopic (exact) mass is 369 g/mol. The van der Waals surface area contributed by atoms with Gasteiger partial charge in [-0.2, -0.15) is 11.8 Å². The number of aliphatic imine (C=N–C) groups is 1. The molecule has 2 heterocycles. The highest BCUT2D eigenvalue weighted by Crippen LogP contribution is 2.33. The summed E-state index contributed by atoms with van der Waals surface area (Å²) in [4.78, 5) is 6.32. The van der Waals surface area contributed by atoms with Crippen LogP contribution in [0.25, 0.3) is 0 Å². The van der Waals surface area contributed by atoms with E-state index in [1.54, 1.807) is 0 Å². The second kappa shape index (κ2) is 10.3. The van der Waals surface area contributed by atoms with Gasteiger partial charge in [-0.1, -0.05) is 13.0 Å². The Hall–Kier alpha value is -0.720. The van der Waals surface area contributed by atoms with Crippen LogP contribution in [0.15, 0.2) is 22.5 Å². The largest absolute Gasteiger partial charge is 0.381 e. The first-order valence-electron chi connectivity index (χ1n) is 8.85. The molecule has 0 radical (unpaired) electrons. The van der Waals surface area contributed by atoms with Gasteiger partial charge in [-0.15, -0.1) is 11.3 Å². The second-order valence-corrected chi connectivity index (χ2v) is 8.77. The van der Waals surface area contributed by atoms with Crippen molar-refractivity contribution in [2.75, 3.05) is 39.1 Å². The Balaban J connectivity index is 1.85. The summed E-state index contributed by atoms with van der Waals surface area (Å²) < 4.78 is 5.76. The van der Waals surface area contributed by atoms with Crippen LogP contribution in [0.4, 0.5) is 0 Å². The molecule has 1 aliphatic rings. The minimum absolute atomic E-state index is 0.239. The molecule has 0 bridgehead atoms. The van der Waals surface area contributed by atoms with Crippen molar-refractivity contribution in [3.05, 3.63) is 22.4 Å². The van der Waals surface area contributed by atoms with Crippen molar-refractivity contribution in [3.8, 4) is 0 Å². The third-order valence-corrected chi connectivity index (χ3v) is 6.76. The van der Waals surface area contributed by atoms with Gasteiger partial charge in [0, 0.05) is 35.9 Å². The van der Waals surface area contributed by atoms with Gasteiger partial charge >= 0.3 is 0 Å². The average Bonchev–Trinajstić information content (AvgIpc) is 3.11. The van der Waals surface area contributed by atoms with Gasteiger partial charge in [0.1, 0.15) is 0 Å². The fourth-order valence-corrected chi connectivity index (χ4v) is 4.49. The molecule has 1 saturated heterocycles. The Morgan fingerprint density at radius 1 is 1.42 bits per heavy atom. The van der Waals surface area contributed by atoms with Crippen molar-refractivity contribution in [1.82, 2.24) is 10.6 Å². The Morgan fingerprint density at radius 3 is 2.83 bits per heavy atom. The minimum Gasteiger partial charge on any atom is -0.381 e. The standard InChI is InChI=1S/C18H31N3OS2/c1-4-19-17(20-13-15(2)12-16-6-5-11-24-16)21-14-18(23-3)7-9-22-10-8-18/h5-6,11,15H,4,7-10,12-14H2,1-3H3,(H2,19,20,21). The van der Waals surface area contributed by atoms with Gasteiger partial charge in [0.25, 0.3) is 0 Å². The van der Waals surface area contributed by atoms with Crippen LogP contribution < -0.4 is 10.6 Å². The molecule has 1 unspecified atom stereocenters. The number of rotatable bonds is 8. The van der Waals surface area contributed by atoms with Crippen LogP contribution in [0, 0.1) is 5.92 Å². The fraction of sp³-hybridized carbons (Fsp3) is 0.722. The molecule has 0 amide bonds. The van der Waals surface area contributed by atoms with Gasteiger partial charge in [0.2, 0.25) is 0 Å². The quantitative estimate of drug-likeness (QED) is 0.545. The van der Waals surface area contributed by atoms with Crippen molar-refractivity contribution >= 4 is 29.1 Å². The van der Waals surface area contributed by atoms with Crippen molar-refractivity contribution < 1.29 is 4.74 Å². The van der Waals surface area contributed by atoms with Gasteiger partial charge in [-0.05, 0) is 49.8 Å². The van der Waals surface area contributed by atoms with E-state index >= 15 is 0 Å². The third-order valence-electron chi connectivity index (χ3n) is 4.45. The SMILES string of the molecule is CCNC(=NCC1(SC)CCOCC1)NCC(C)Cc1cccs1. The summed E-state index contributed by atoms with van der Waals surface area (Å²) in [5.74, 6) is 1.53. The molecule has 0 aliphatic carbocycles. The summed E-state index contributed by atoms with van der Waals surface area (Å²) >= 11 is 3.78. The van der Waals surface area contributed by atoms with Gasteiger partial charge in [0.05, 0.1) is 6.54 Å². The molecule has 2 rings (SSSR count). The summed E-state index contributed by atoms with van der Waals surface area (Å²) in [5.41, 5.74) is 0. The molecule has 0 aromatic carbocycles. The lowest BCUT2D eigenvalue weighted by Crippen LogP contribution is -2.42. The molecule has 1 aliphatic heterocycles. The summed E-state index contributed by atoms with van der Waals surface area (Å²) in [5, 5.41) is 9.05. The number of nitrogens with one attached hydrogen (secondary N) is 2. The Labute approximate surface area is 154 Å². The van der Waals surface area contributed by atoms with Crippen LogP contribution in [-0.2, 0) is 11.2 Å². The van der Waals surface area contributed by atoms with Crippen molar-refractivity contribution in [2.24, 2.45) is 10.9 Å². The molecule has 136 valence electrons. The molecule has 24 heavy (non-hydrogen) atoms. The van der Waals surface area contributed by atoms with Gasteiger partial charge in [-0.25, -0.2) is 0 Å². The molecule has 0 saturated carbocycles. The lowest BCUT2D eigenvalue weighted by Gasteiger charge is -2.34. The van der Waals surface area contributed by atoms with E-state index in [-0.39, 0.29) is 4.75 Å². The number of ether oxygens (including phenoxy) is 1. The van der Waals surface area contributed by atoms with E-state index in [2.05, 4.69) is 48.2 Å². The van der Waals surface area contributed by atoms with Crippen LogP contribution in [0.1, 0.15) is 31.6 Å². The molecule has 6 heteroatoms. The van der Waals surface area contributed by atoms with E-state index in [0.29, 0.717) is 5.92 Å². The first-order chi connectivity index (χ1) is 11.7. The normalized spacial score (nSPS) is 19.0. The van der Waals surface area contributed by atoms with Crippen molar-refractivity contribution in [1.29, 1.82) is 0 Å². The number of guanidine groups is 1. The first kappa shape index (κ1) is 19.6. The highest BCUT2D eigenvalue weighted by atomic mass is 32.2. The molecule has 1 fully saturated rings. The Kier molecular flexibility index (Phi) is 8.42. The highest BCUT2D eigenvalue weighted by Gasteiger charge is 2.31. The maximum Gasteiger partial charge on any atom is 0.191 e. The average molecular weight is 370 g/mol. The van der Waals surface area contributed by atoms with E-state index in [4.69, 9.17) is 9.73 Å². The zero-order chi connectivity index (χ0) is 17.3. The number of thioether (sulfide) groups is 1. The second-order valence-electron chi connectivity index (χ2n) is 6.46. The van der Waals surface area contributed by atoms with Crippen LogP contribution >= 0.6 is 23.1 Å². The minimum atomic E-state index is 0.239. The highest BCUT2D eigenvalue weighted by molar-refractivity contribution is 8.00.